The minimum Gasteiger partial charge on any atom is -0.505 e. The molecule has 0 aliphatic heterocycles. The van der Waals surface area contributed by atoms with Gasteiger partial charge in [-0.3, -0.25) is 9.59 Å². The molecular formula is C24H33NO6. The molecule has 0 saturated heterocycles. The van der Waals surface area contributed by atoms with E-state index in [1.165, 1.54) is 5.57 Å². The van der Waals surface area contributed by atoms with Crippen LogP contribution in [-0.2, 0) is 14.4 Å². The number of Topliss-reactive ketones (excluding diaryl/α,β-unsaturated/α-hetero) is 1. The van der Waals surface area contributed by atoms with Gasteiger partial charge in [0.1, 0.15) is 11.8 Å². The average Bonchev–Trinajstić information content (AvgIpc) is 2.71. The van der Waals surface area contributed by atoms with Crippen LogP contribution in [0.1, 0.15) is 59.8 Å². The standard InChI is InChI=1S/C24H33NO6/c1-13-6-5-7-19-23(13,3)9-8-14(2)24(19,4)11-15-20(28)16(10-18(27)21(15)29)25-17(12-26)22(30)31/h6,10,14,17,19,25-26,28H,5,7-9,11-12H2,1-4H3,(H,30,31)/t14-,17?,19+,23+,24+/m0/s1. The summed E-state index contributed by atoms with van der Waals surface area (Å²) in [6.45, 7) is 8.04. The van der Waals surface area contributed by atoms with Gasteiger partial charge < -0.3 is 20.6 Å². The van der Waals surface area contributed by atoms with Crippen molar-refractivity contribution in [2.24, 2.45) is 22.7 Å². The number of nitrogens with one attached hydrogen (secondary N) is 1. The summed E-state index contributed by atoms with van der Waals surface area (Å²) in [5, 5.41) is 31.8. The van der Waals surface area contributed by atoms with Crippen LogP contribution in [0.3, 0.4) is 0 Å². The molecule has 31 heavy (non-hydrogen) atoms. The van der Waals surface area contributed by atoms with Gasteiger partial charge in [-0.1, -0.05) is 32.4 Å². The van der Waals surface area contributed by atoms with E-state index in [1.54, 1.807) is 0 Å². The molecular weight excluding hydrogens is 398 g/mol. The van der Waals surface area contributed by atoms with E-state index in [0.717, 1.165) is 31.8 Å². The number of carboxylic acids is 1. The highest BCUT2D eigenvalue weighted by molar-refractivity contribution is 6.48. The number of aliphatic hydroxyl groups is 2. The van der Waals surface area contributed by atoms with Crippen molar-refractivity contribution >= 4 is 17.5 Å². The Labute approximate surface area is 182 Å². The zero-order valence-corrected chi connectivity index (χ0v) is 18.7. The molecule has 0 aromatic carbocycles. The maximum Gasteiger partial charge on any atom is 0.328 e. The van der Waals surface area contributed by atoms with Crippen molar-refractivity contribution < 1.29 is 29.7 Å². The lowest BCUT2D eigenvalue weighted by Crippen LogP contribution is -2.50. The highest BCUT2D eigenvalue weighted by Crippen LogP contribution is 2.62. The first-order valence-electron chi connectivity index (χ1n) is 11.0. The maximum absolute atomic E-state index is 12.8. The van der Waals surface area contributed by atoms with Crippen LogP contribution < -0.4 is 5.32 Å². The number of fused-ring (bicyclic) bond motifs is 1. The number of ketones is 2. The minimum absolute atomic E-state index is 0.0135. The summed E-state index contributed by atoms with van der Waals surface area (Å²) in [7, 11) is 0. The normalized spacial score (nSPS) is 34.6. The largest absolute Gasteiger partial charge is 0.505 e. The van der Waals surface area contributed by atoms with Gasteiger partial charge in [0.25, 0.3) is 0 Å². The lowest BCUT2D eigenvalue weighted by Gasteiger charge is -2.58. The number of carbonyl (C=O) groups excluding carboxylic acids is 2. The van der Waals surface area contributed by atoms with Crippen LogP contribution in [-0.4, -0.2) is 45.5 Å². The summed E-state index contributed by atoms with van der Waals surface area (Å²) in [5.41, 5.74) is 0.964. The van der Waals surface area contributed by atoms with Gasteiger partial charge in [0.15, 0.2) is 0 Å². The second kappa shape index (κ2) is 8.26. The number of hydrogen-bond acceptors (Lipinski definition) is 6. The van der Waals surface area contributed by atoms with Crippen molar-refractivity contribution in [2.75, 3.05) is 6.61 Å². The quantitative estimate of drug-likeness (QED) is 0.289. The summed E-state index contributed by atoms with van der Waals surface area (Å²) < 4.78 is 0. The highest BCUT2D eigenvalue weighted by Gasteiger charge is 2.54. The van der Waals surface area contributed by atoms with Crippen LogP contribution in [0.15, 0.2) is 34.8 Å². The topological polar surface area (TPSA) is 124 Å². The Morgan fingerprint density at radius 2 is 1.97 bits per heavy atom. The van der Waals surface area contributed by atoms with E-state index in [-0.39, 0.29) is 34.4 Å². The Hall–Kier alpha value is -2.41. The summed E-state index contributed by atoms with van der Waals surface area (Å²) >= 11 is 0. The highest BCUT2D eigenvalue weighted by atomic mass is 16.4. The van der Waals surface area contributed by atoms with Gasteiger partial charge in [-0.15, -0.1) is 0 Å². The van der Waals surface area contributed by atoms with E-state index in [4.69, 9.17) is 0 Å². The van der Waals surface area contributed by atoms with Crippen molar-refractivity contribution in [1.29, 1.82) is 0 Å². The van der Waals surface area contributed by atoms with Crippen molar-refractivity contribution in [3.8, 4) is 0 Å². The first kappa shape index (κ1) is 23.3. The van der Waals surface area contributed by atoms with Crippen LogP contribution in [0.25, 0.3) is 0 Å². The smallest absolute Gasteiger partial charge is 0.328 e. The Morgan fingerprint density at radius 1 is 1.29 bits per heavy atom. The molecule has 1 unspecified atom stereocenters. The Balaban J connectivity index is 2.00. The van der Waals surface area contributed by atoms with Gasteiger partial charge >= 0.3 is 5.97 Å². The van der Waals surface area contributed by atoms with Gasteiger partial charge in [-0.2, -0.15) is 0 Å². The van der Waals surface area contributed by atoms with Gasteiger partial charge in [0.05, 0.1) is 12.3 Å². The zero-order valence-electron chi connectivity index (χ0n) is 18.7. The fraction of sp³-hybridized carbons (Fsp3) is 0.625. The van der Waals surface area contributed by atoms with Crippen LogP contribution in [0.2, 0.25) is 0 Å². The van der Waals surface area contributed by atoms with Crippen molar-refractivity contribution in [1.82, 2.24) is 5.32 Å². The van der Waals surface area contributed by atoms with Crippen molar-refractivity contribution in [3.63, 3.8) is 0 Å². The molecule has 3 aliphatic rings. The third-order valence-electron chi connectivity index (χ3n) is 8.28. The molecule has 0 bridgehead atoms. The molecule has 170 valence electrons. The zero-order chi connectivity index (χ0) is 23.1. The molecule has 3 rings (SSSR count). The van der Waals surface area contributed by atoms with Crippen LogP contribution in [0.5, 0.6) is 0 Å². The van der Waals surface area contributed by atoms with Gasteiger partial charge in [0, 0.05) is 11.6 Å². The number of hydrogen-bond donors (Lipinski definition) is 4. The minimum atomic E-state index is -1.39. The molecule has 1 saturated carbocycles. The first-order valence-corrected chi connectivity index (χ1v) is 11.0. The lowest BCUT2D eigenvalue weighted by molar-refractivity contribution is -0.140. The second-order valence-corrected chi connectivity index (χ2v) is 9.85. The van der Waals surface area contributed by atoms with Crippen molar-refractivity contribution in [2.45, 2.75) is 65.8 Å². The van der Waals surface area contributed by atoms with Gasteiger partial charge in [0.2, 0.25) is 11.6 Å². The first-order chi connectivity index (χ1) is 14.5. The second-order valence-electron chi connectivity index (χ2n) is 9.85. The lowest BCUT2D eigenvalue weighted by atomic mass is 9.46. The summed E-state index contributed by atoms with van der Waals surface area (Å²) in [4.78, 5) is 36.4. The van der Waals surface area contributed by atoms with E-state index >= 15 is 0 Å². The van der Waals surface area contributed by atoms with Gasteiger partial charge in [-0.05, 0) is 61.7 Å². The van der Waals surface area contributed by atoms with E-state index < -0.39 is 35.9 Å². The number of aliphatic carboxylic acids is 1. The van der Waals surface area contributed by atoms with E-state index in [9.17, 15) is 29.7 Å². The molecule has 0 spiro atoms. The molecule has 0 aromatic rings. The number of carbonyl (C=O) groups is 3. The molecule has 0 heterocycles. The maximum atomic E-state index is 12.8. The summed E-state index contributed by atoms with van der Waals surface area (Å²) in [6.07, 6.45) is 7.46. The molecule has 4 N–H and O–H groups in total. The fourth-order valence-corrected chi connectivity index (χ4v) is 5.92. The molecule has 7 nitrogen and oxygen atoms in total. The number of rotatable bonds is 6. The third-order valence-corrected chi connectivity index (χ3v) is 8.28. The predicted molar refractivity (Wildman–Crippen MR) is 115 cm³/mol. The molecule has 5 atom stereocenters. The van der Waals surface area contributed by atoms with Crippen molar-refractivity contribution in [3.05, 3.63) is 34.8 Å². The Morgan fingerprint density at radius 3 is 2.58 bits per heavy atom. The van der Waals surface area contributed by atoms with Crippen LogP contribution in [0.4, 0.5) is 0 Å². The van der Waals surface area contributed by atoms with Gasteiger partial charge in [-0.25, -0.2) is 4.79 Å². The number of carboxylic acid groups (broad SMARTS) is 1. The molecule has 3 aliphatic carbocycles. The predicted octanol–water partition coefficient (Wildman–Crippen LogP) is 3.06. The molecule has 1 fully saturated rings. The average molecular weight is 432 g/mol. The molecule has 0 radical (unpaired) electrons. The summed E-state index contributed by atoms with van der Waals surface area (Å²) in [5.74, 6) is -2.69. The van der Waals surface area contributed by atoms with Crippen LogP contribution >= 0.6 is 0 Å². The Bertz CT molecular complexity index is 900. The fourth-order valence-electron chi connectivity index (χ4n) is 5.92. The van der Waals surface area contributed by atoms with E-state index in [1.807, 2.05) is 0 Å². The van der Waals surface area contributed by atoms with Crippen LogP contribution in [0, 0.1) is 22.7 Å². The monoisotopic (exact) mass is 431 g/mol. The molecule has 7 heteroatoms. The SMILES string of the molecule is CC1=CCC[C@H]2[C@](C)(CC3=C(O)C(NC(CO)C(=O)O)=CC(=O)C3=O)[C@@H](C)CC[C@]12C. The Kier molecular flexibility index (Phi) is 6.20. The number of allylic oxidation sites excluding steroid dienone is 4. The molecule has 0 aromatic heterocycles. The van der Waals surface area contributed by atoms with E-state index in [0.29, 0.717) is 5.92 Å². The third kappa shape index (κ3) is 3.84. The summed E-state index contributed by atoms with van der Waals surface area (Å²) in [6, 6.07) is -1.39. The van der Waals surface area contributed by atoms with E-state index in [2.05, 4.69) is 39.1 Å². The number of aliphatic hydroxyl groups excluding tert-OH is 2. The molecule has 0 amide bonds.